The van der Waals surface area contributed by atoms with Crippen molar-refractivity contribution in [2.24, 2.45) is 23.2 Å². The van der Waals surface area contributed by atoms with E-state index in [0.717, 1.165) is 25.4 Å². The minimum absolute atomic E-state index is 0.0577. The lowest BCUT2D eigenvalue weighted by atomic mass is 9.65. The molecule has 3 unspecified atom stereocenters. The Hall–Kier alpha value is -0.570. The van der Waals surface area contributed by atoms with E-state index in [1.54, 1.807) is 7.11 Å². The highest BCUT2D eigenvalue weighted by Gasteiger charge is 2.55. The predicted molar refractivity (Wildman–Crippen MR) is 70.1 cm³/mol. The first kappa shape index (κ1) is 12.5. The normalized spacial score (nSPS) is 38.4. The molecule has 0 aromatic heterocycles. The summed E-state index contributed by atoms with van der Waals surface area (Å²) in [6.07, 6.45) is 8.89. The number of hydrogen-bond acceptors (Lipinski definition) is 3. The average Bonchev–Trinajstić information content (AvgIpc) is 2.74. The van der Waals surface area contributed by atoms with Crippen molar-refractivity contribution in [3.05, 3.63) is 0 Å². The Morgan fingerprint density at radius 3 is 2.67 bits per heavy atom. The third-order valence-corrected chi connectivity index (χ3v) is 5.85. The van der Waals surface area contributed by atoms with Crippen LogP contribution in [-0.4, -0.2) is 26.2 Å². The van der Waals surface area contributed by atoms with Gasteiger partial charge in [-0.15, -0.1) is 0 Å². The molecule has 102 valence electrons. The minimum Gasteiger partial charge on any atom is -0.469 e. The molecule has 3 fully saturated rings. The van der Waals surface area contributed by atoms with Crippen LogP contribution in [0.4, 0.5) is 0 Å². The van der Waals surface area contributed by atoms with Gasteiger partial charge >= 0.3 is 5.97 Å². The molecule has 1 heterocycles. The number of fused-ring (bicyclic) bond motifs is 2. The number of hydrogen-bond donors (Lipinski definition) is 1. The Bertz CT molecular complexity index is 322. The summed E-state index contributed by atoms with van der Waals surface area (Å²) >= 11 is 0. The largest absolute Gasteiger partial charge is 0.469 e. The van der Waals surface area contributed by atoms with Gasteiger partial charge in [-0.05, 0) is 62.4 Å². The molecular formula is C15H25NO2. The Balaban J connectivity index is 1.85. The van der Waals surface area contributed by atoms with Crippen molar-refractivity contribution in [2.75, 3.05) is 20.2 Å². The van der Waals surface area contributed by atoms with Gasteiger partial charge in [-0.25, -0.2) is 0 Å². The van der Waals surface area contributed by atoms with E-state index in [4.69, 9.17) is 4.74 Å². The molecular weight excluding hydrogens is 226 g/mol. The molecule has 1 aliphatic heterocycles. The van der Waals surface area contributed by atoms with Gasteiger partial charge in [0.25, 0.3) is 0 Å². The Labute approximate surface area is 110 Å². The van der Waals surface area contributed by atoms with Crippen molar-refractivity contribution in [1.82, 2.24) is 5.32 Å². The highest BCUT2D eigenvalue weighted by atomic mass is 16.5. The first-order valence-electron chi connectivity index (χ1n) is 7.55. The van der Waals surface area contributed by atoms with Crippen molar-refractivity contribution < 1.29 is 9.53 Å². The van der Waals surface area contributed by atoms with E-state index in [2.05, 4.69) is 5.32 Å². The first-order chi connectivity index (χ1) is 8.77. The van der Waals surface area contributed by atoms with E-state index in [0.29, 0.717) is 11.3 Å². The molecule has 2 saturated carbocycles. The molecule has 0 bridgehead atoms. The van der Waals surface area contributed by atoms with Crippen molar-refractivity contribution >= 4 is 5.97 Å². The number of ether oxygens (including phenoxy) is 1. The van der Waals surface area contributed by atoms with E-state index in [1.807, 2.05) is 0 Å². The molecule has 3 nitrogen and oxygen atoms in total. The topological polar surface area (TPSA) is 38.3 Å². The third-order valence-electron chi connectivity index (χ3n) is 5.85. The number of esters is 1. The zero-order valence-corrected chi connectivity index (χ0v) is 11.4. The van der Waals surface area contributed by atoms with E-state index in [9.17, 15) is 4.79 Å². The van der Waals surface area contributed by atoms with Crippen LogP contribution in [0.3, 0.4) is 0 Å². The second kappa shape index (κ2) is 4.84. The lowest BCUT2D eigenvalue weighted by Crippen LogP contribution is -2.40. The molecule has 3 atom stereocenters. The fraction of sp³-hybridized carbons (Fsp3) is 0.933. The molecule has 0 amide bonds. The number of nitrogens with one attached hydrogen (secondary N) is 1. The quantitative estimate of drug-likeness (QED) is 0.727. The van der Waals surface area contributed by atoms with Crippen LogP contribution in [0.5, 0.6) is 0 Å². The SMILES string of the molecule is COC(=O)C1CC2(CCNCC2)C2CCCCC12. The van der Waals surface area contributed by atoms with Crippen LogP contribution in [0.15, 0.2) is 0 Å². The monoisotopic (exact) mass is 251 g/mol. The summed E-state index contributed by atoms with van der Waals surface area (Å²) < 4.78 is 5.06. The molecule has 0 aromatic rings. The van der Waals surface area contributed by atoms with Gasteiger partial charge in [0.1, 0.15) is 0 Å². The van der Waals surface area contributed by atoms with E-state index in [1.165, 1.54) is 38.5 Å². The summed E-state index contributed by atoms with van der Waals surface area (Å²) in [7, 11) is 1.55. The molecule has 3 aliphatic rings. The fourth-order valence-corrected chi connectivity index (χ4v) is 5.05. The van der Waals surface area contributed by atoms with Crippen LogP contribution in [0.2, 0.25) is 0 Å². The lowest BCUT2D eigenvalue weighted by Gasteiger charge is -2.42. The number of piperidine rings is 1. The van der Waals surface area contributed by atoms with E-state index in [-0.39, 0.29) is 11.9 Å². The van der Waals surface area contributed by atoms with E-state index >= 15 is 0 Å². The minimum atomic E-state index is 0.0577. The summed E-state index contributed by atoms with van der Waals surface area (Å²) in [6.45, 7) is 2.27. The molecule has 1 saturated heterocycles. The third kappa shape index (κ3) is 1.87. The van der Waals surface area contributed by atoms with Gasteiger partial charge in [-0.2, -0.15) is 0 Å². The summed E-state index contributed by atoms with van der Waals surface area (Å²) in [5.41, 5.74) is 0.454. The highest BCUT2D eigenvalue weighted by Crippen LogP contribution is 2.59. The Morgan fingerprint density at radius 1 is 1.22 bits per heavy atom. The summed E-state index contributed by atoms with van der Waals surface area (Å²) in [5, 5.41) is 3.47. The molecule has 18 heavy (non-hydrogen) atoms. The van der Waals surface area contributed by atoms with Crippen LogP contribution in [0.25, 0.3) is 0 Å². The zero-order chi connectivity index (χ0) is 12.6. The van der Waals surface area contributed by atoms with Crippen LogP contribution >= 0.6 is 0 Å². The van der Waals surface area contributed by atoms with Crippen molar-refractivity contribution in [3.8, 4) is 0 Å². The lowest BCUT2D eigenvalue weighted by molar-refractivity contribution is -0.147. The van der Waals surface area contributed by atoms with Gasteiger partial charge < -0.3 is 10.1 Å². The van der Waals surface area contributed by atoms with Crippen molar-refractivity contribution in [3.63, 3.8) is 0 Å². The number of carbonyl (C=O) groups excluding carboxylic acids is 1. The second-order valence-corrected chi connectivity index (χ2v) is 6.50. The van der Waals surface area contributed by atoms with Crippen LogP contribution in [-0.2, 0) is 9.53 Å². The van der Waals surface area contributed by atoms with Gasteiger partial charge in [0.2, 0.25) is 0 Å². The van der Waals surface area contributed by atoms with E-state index < -0.39 is 0 Å². The average molecular weight is 251 g/mol. The van der Waals surface area contributed by atoms with Crippen LogP contribution in [0.1, 0.15) is 44.9 Å². The Morgan fingerprint density at radius 2 is 1.94 bits per heavy atom. The summed E-state index contributed by atoms with van der Waals surface area (Å²) in [5.74, 6) is 1.66. The number of methoxy groups -OCH3 is 1. The van der Waals surface area contributed by atoms with Crippen molar-refractivity contribution in [1.29, 1.82) is 0 Å². The molecule has 0 aromatic carbocycles. The summed E-state index contributed by atoms with van der Waals surface area (Å²) in [4.78, 5) is 12.1. The standard InChI is InChI=1S/C15H25NO2/c1-18-14(17)12-10-15(6-8-16-9-7-15)13-5-3-2-4-11(12)13/h11-13,16H,2-10H2,1H3. The first-order valence-corrected chi connectivity index (χ1v) is 7.55. The second-order valence-electron chi connectivity index (χ2n) is 6.50. The summed E-state index contributed by atoms with van der Waals surface area (Å²) in [6, 6.07) is 0. The smallest absolute Gasteiger partial charge is 0.308 e. The van der Waals surface area contributed by atoms with Gasteiger partial charge in [-0.1, -0.05) is 12.8 Å². The molecule has 1 N–H and O–H groups in total. The van der Waals surface area contributed by atoms with Gasteiger partial charge in [0, 0.05) is 0 Å². The molecule has 1 spiro atoms. The van der Waals surface area contributed by atoms with Crippen molar-refractivity contribution in [2.45, 2.75) is 44.9 Å². The van der Waals surface area contributed by atoms with Crippen LogP contribution in [0, 0.1) is 23.2 Å². The van der Waals surface area contributed by atoms with Gasteiger partial charge in [0.15, 0.2) is 0 Å². The predicted octanol–water partition coefficient (Wildman–Crippen LogP) is 2.36. The zero-order valence-electron chi connectivity index (χ0n) is 11.4. The Kier molecular flexibility index (Phi) is 3.35. The maximum absolute atomic E-state index is 12.1. The van der Waals surface area contributed by atoms with Gasteiger partial charge in [-0.3, -0.25) is 4.79 Å². The highest BCUT2D eigenvalue weighted by molar-refractivity contribution is 5.73. The molecule has 3 rings (SSSR count). The molecule has 3 heteroatoms. The van der Waals surface area contributed by atoms with Gasteiger partial charge in [0.05, 0.1) is 13.0 Å². The number of rotatable bonds is 1. The molecule has 0 radical (unpaired) electrons. The molecule has 2 aliphatic carbocycles. The fourth-order valence-electron chi connectivity index (χ4n) is 5.05. The van der Waals surface area contributed by atoms with Crippen LogP contribution < -0.4 is 5.32 Å². The maximum atomic E-state index is 12.1. The maximum Gasteiger partial charge on any atom is 0.308 e. The number of carbonyl (C=O) groups is 1.